The zero-order chi connectivity index (χ0) is 9.40. The van der Waals surface area contributed by atoms with Gasteiger partial charge in [0, 0.05) is 12.6 Å². The van der Waals surface area contributed by atoms with E-state index in [4.69, 9.17) is 0 Å². The van der Waals surface area contributed by atoms with Crippen LogP contribution >= 0.6 is 0 Å². The highest BCUT2D eigenvalue weighted by Crippen LogP contribution is 1.87. The van der Waals surface area contributed by atoms with Crippen molar-refractivity contribution in [1.82, 2.24) is 5.32 Å². The third-order valence-electron chi connectivity index (χ3n) is 1.13. The number of carbonyl (C=O) groups is 1. The van der Waals surface area contributed by atoms with E-state index in [1.807, 2.05) is 44.2 Å². The van der Waals surface area contributed by atoms with Gasteiger partial charge in [-0.3, -0.25) is 4.79 Å². The molecule has 0 aromatic carbocycles. The van der Waals surface area contributed by atoms with Crippen LogP contribution in [-0.2, 0) is 4.79 Å². The Morgan fingerprint density at radius 1 is 1.17 bits per heavy atom. The van der Waals surface area contributed by atoms with Crippen molar-refractivity contribution in [3.63, 3.8) is 0 Å². The highest BCUT2D eigenvalue weighted by molar-refractivity contribution is 5.74. The van der Waals surface area contributed by atoms with Crippen LogP contribution in [0.2, 0.25) is 0 Å². The molecule has 2 heteroatoms. The van der Waals surface area contributed by atoms with Crippen molar-refractivity contribution in [1.29, 1.82) is 0 Å². The van der Waals surface area contributed by atoms with Gasteiger partial charge in [0.1, 0.15) is 0 Å². The molecule has 0 saturated heterocycles. The van der Waals surface area contributed by atoms with Crippen molar-refractivity contribution in [3.05, 3.63) is 36.1 Å². The lowest BCUT2D eigenvalue weighted by atomic mass is 10.3. The molecule has 0 atom stereocenters. The number of hydrogen-bond donors (Lipinski definition) is 1. The summed E-state index contributed by atoms with van der Waals surface area (Å²) in [7, 11) is 0. The molecule has 0 rings (SSSR count). The first-order valence-corrected chi connectivity index (χ1v) is 3.90. The van der Waals surface area contributed by atoms with Gasteiger partial charge >= 0.3 is 0 Å². The fourth-order valence-electron chi connectivity index (χ4n) is 0.694. The van der Waals surface area contributed by atoms with Gasteiger partial charge in [0.05, 0.1) is 0 Å². The van der Waals surface area contributed by atoms with E-state index in [1.165, 1.54) is 6.92 Å². The molecule has 0 aliphatic carbocycles. The van der Waals surface area contributed by atoms with Gasteiger partial charge in [-0.05, 0) is 19.9 Å². The number of carbonyl (C=O) groups excluding carboxylic acids is 1. The molecule has 0 bridgehead atoms. The normalized spacial score (nSPS) is 12.8. The summed E-state index contributed by atoms with van der Waals surface area (Å²) in [4.78, 5) is 10.6. The second-order valence-electron chi connectivity index (χ2n) is 2.44. The summed E-state index contributed by atoms with van der Waals surface area (Å²) in [6.45, 7) is 5.29. The molecule has 0 saturated carbocycles. The van der Waals surface area contributed by atoms with Gasteiger partial charge in [0.15, 0.2) is 0 Å². The minimum absolute atomic E-state index is 0.0387. The number of allylic oxidation sites excluding steroid dienone is 6. The number of nitrogens with one attached hydrogen (secondary N) is 1. The third kappa shape index (κ3) is 6.81. The third-order valence-corrected chi connectivity index (χ3v) is 1.13. The van der Waals surface area contributed by atoms with Crippen LogP contribution in [0.1, 0.15) is 20.8 Å². The quantitative estimate of drug-likeness (QED) is 0.638. The average Bonchev–Trinajstić information content (AvgIpc) is 1.97. The standard InChI is InChI=1S/C10H15NO/c1-4-5-6-7-8-9(2)11-10(3)12/h4-8H,1-3H3,(H,11,12)/b5-4+,7-6-,9-8+. The zero-order valence-electron chi connectivity index (χ0n) is 7.79. The number of hydrogen-bond acceptors (Lipinski definition) is 1. The molecule has 0 radical (unpaired) electrons. The summed E-state index contributed by atoms with van der Waals surface area (Å²) in [5.41, 5.74) is 0.850. The van der Waals surface area contributed by atoms with Gasteiger partial charge in [-0.15, -0.1) is 0 Å². The summed E-state index contributed by atoms with van der Waals surface area (Å²) < 4.78 is 0. The molecule has 1 N–H and O–H groups in total. The van der Waals surface area contributed by atoms with Crippen molar-refractivity contribution in [2.75, 3.05) is 0 Å². The second kappa shape index (κ2) is 6.40. The van der Waals surface area contributed by atoms with Crippen molar-refractivity contribution < 1.29 is 4.79 Å². The molecule has 0 aliphatic rings. The first kappa shape index (κ1) is 10.7. The zero-order valence-corrected chi connectivity index (χ0v) is 7.79. The Bertz CT molecular complexity index is 224. The smallest absolute Gasteiger partial charge is 0.220 e. The number of amides is 1. The molecule has 0 aromatic heterocycles. The second-order valence-corrected chi connectivity index (χ2v) is 2.44. The molecule has 0 spiro atoms. The molecule has 0 heterocycles. The minimum Gasteiger partial charge on any atom is -0.330 e. The molecule has 0 fully saturated rings. The van der Waals surface area contributed by atoms with E-state index in [0.717, 1.165) is 5.70 Å². The van der Waals surface area contributed by atoms with E-state index in [9.17, 15) is 4.79 Å². The Labute approximate surface area is 73.7 Å². The lowest BCUT2D eigenvalue weighted by Gasteiger charge is -1.97. The van der Waals surface area contributed by atoms with E-state index in [-0.39, 0.29) is 5.91 Å². The van der Waals surface area contributed by atoms with E-state index < -0.39 is 0 Å². The van der Waals surface area contributed by atoms with E-state index in [2.05, 4.69) is 5.32 Å². The first-order chi connectivity index (χ1) is 5.66. The van der Waals surface area contributed by atoms with Crippen molar-refractivity contribution in [2.24, 2.45) is 0 Å². The highest BCUT2D eigenvalue weighted by atomic mass is 16.1. The maximum atomic E-state index is 10.6. The lowest BCUT2D eigenvalue weighted by Crippen LogP contribution is -2.16. The predicted octanol–water partition coefficient (Wildman–Crippen LogP) is 2.16. The van der Waals surface area contributed by atoms with Crippen molar-refractivity contribution in [2.45, 2.75) is 20.8 Å². The molecular formula is C10H15NO. The van der Waals surface area contributed by atoms with E-state index in [0.29, 0.717) is 0 Å². The summed E-state index contributed by atoms with van der Waals surface area (Å²) in [5, 5.41) is 2.67. The maximum Gasteiger partial charge on any atom is 0.220 e. The lowest BCUT2D eigenvalue weighted by molar-refractivity contribution is -0.118. The Balaban J connectivity index is 3.91. The summed E-state index contributed by atoms with van der Waals surface area (Å²) in [5.74, 6) is -0.0387. The van der Waals surface area contributed by atoms with Crippen LogP contribution in [0.25, 0.3) is 0 Å². The van der Waals surface area contributed by atoms with Gasteiger partial charge in [-0.2, -0.15) is 0 Å². The van der Waals surface area contributed by atoms with Crippen molar-refractivity contribution in [3.8, 4) is 0 Å². The summed E-state index contributed by atoms with van der Waals surface area (Å²) >= 11 is 0. The SMILES string of the molecule is C/C=C/C=C\C=C(/C)NC(C)=O. The van der Waals surface area contributed by atoms with Gasteiger partial charge in [-0.25, -0.2) is 0 Å². The first-order valence-electron chi connectivity index (χ1n) is 3.90. The molecule has 66 valence electrons. The van der Waals surface area contributed by atoms with Gasteiger partial charge in [0.25, 0.3) is 0 Å². The van der Waals surface area contributed by atoms with Crippen molar-refractivity contribution >= 4 is 5.91 Å². The molecule has 0 aliphatic heterocycles. The van der Waals surface area contributed by atoms with Crippen LogP contribution in [0.5, 0.6) is 0 Å². The summed E-state index contributed by atoms with van der Waals surface area (Å²) in [6.07, 6.45) is 9.51. The van der Waals surface area contributed by atoms with Crippen LogP contribution in [0.3, 0.4) is 0 Å². The summed E-state index contributed by atoms with van der Waals surface area (Å²) in [6, 6.07) is 0. The fraction of sp³-hybridized carbons (Fsp3) is 0.300. The predicted molar refractivity (Wildman–Crippen MR) is 51.5 cm³/mol. The van der Waals surface area contributed by atoms with Crippen LogP contribution < -0.4 is 5.32 Å². The molecule has 12 heavy (non-hydrogen) atoms. The van der Waals surface area contributed by atoms with Crippen LogP contribution in [0, 0.1) is 0 Å². The Morgan fingerprint density at radius 3 is 2.33 bits per heavy atom. The van der Waals surface area contributed by atoms with Crippen LogP contribution in [0.15, 0.2) is 36.1 Å². The minimum atomic E-state index is -0.0387. The molecule has 1 amide bonds. The van der Waals surface area contributed by atoms with Gasteiger partial charge in [0.2, 0.25) is 5.91 Å². The molecule has 0 unspecified atom stereocenters. The largest absolute Gasteiger partial charge is 0.330 e. The Kier molecular flexibility index (Phi) is 5.70. The average molecular weight is 165 g/mol. The van der Waals surface area contributed by atoms with E-state index >= 15 is 0 Å². The monoisotopic (exact) mass is 165 g/mol. The maximum absolute atomic E-state index is 10.6. The fourth-order valence-corrected chi connectivity index (χ4v) is 0.694. The molecule has 0 aromatic rings. The molecule has 2 nitrogen and oxygen atoms in total. The Hall–Kier alpha value is -1.31. The van der Waals surface area contributed by atoms with Crippen LogP contribution in [0.4, 0.5) is 0 Å². The molecular weight excluding hydrogens is 150 g/mol. The van der Waals surface area contributed by atoms with Gasteiger partial charge in [-0.1, -0.05) is 24.3 Å². The highest BCUT2D eigenvalue weighted by Gasteiger charge is 1.88. The van der Waals surface area contributed by atoms with Gasteiger partial charge < -0.3 is 5.32 Å². The topological polar surface area (TPSA) is 29.1 Å². The number of rotatable bonds is 3. The van der Waals surface area contributed by atoms with E-state index in [1.54, 1.807) is 0 Å². The Morgan fingerprint density at radius 2 is 1.83 bits per heavy atom. The van der Waals surface area contributed by atoms with Crippen LogP contribution in [-0.4, -0.2) is 5.91 Å².